The summed E-state index contributed by atoms with van der Waals surface area (Å²) in [6, 6.07) is 1.76. The van der Waals surface area contributed by atoms with Gasteiger partial charge in [-0.25, -0.2) is 4.98 Å². The van der Waals surface area contributed by atoms with Gasteiger partial charge in [-0.15, -0.1) is 0 Å². The fourth-order valence-corrected chi connectivity index (χ4v) is 5.11. The van der Waals surface area contributed by atoms with Crippen LogP contribution in [0.4, 0.5) is 13.2 Å². The lowest BCUT2D eigenvalue weighted by Crippen LogP contribution is -2.56. The highest BCUT2D eigenvalue weighted by Crippen LogP contribution is 2.47. The summed E-state index contributed by atoms with van der Waals surface area (Å²) in [6.45, 7) is 6.47. The van der Waals surface area contributed by atoms with Crippen LogP contribution in [0.2, 0.25) is 5.02 Å². The largest absolute Gasteiger partial charge is 0.417 e. The molecule has 1 fully saturated rings. The van der Waals surface area contributed by atoms with Crippen molar-refractivity contribution in [2.45, 2.75) is 31.2 Å². The van der Waals surface area contributed by atoms with Gasteiger partial charge in [-0.3, -0.25) is 4.90 Å². The fourth-order valence-electron chi connectivity index (χ4n) is 4.85. The highest BCUT2D eigenvalue weighted by Gasteiger charge is 2.52. The van der Waals surface area contributed by atoms with Crippen molar-refractivity contribution in [1.82, 2.24) is 29.9 Å². The number of carbonyl (C=O) groups excluding carboxylic acids is 1. The van der Waals surface area contributed by atoms with Crippen molar-refractivity contribution in [3.8, 4) is 0 Å². The third kappa shape index (κ3) is 3.48. The number of hydrogen-bond donors (Lipinski definition) is 1. The molecule has 1 N–H and O–H groups in total. The maximum absolute atomic E-state index is 13.4. The molecular weight excluding hydrogens is 469 g/mol. The molecule has 3 aromatic rings. The summed E-state index contributed by atoms with van der Waals surface area (Å²) >= 11 is 5.90. The molecule has 5 rings (SSSR count). The van der Waals surface area contributed by atoms with E-state index in [-0.39, 0.29) is 5.52 Å². The van der Waals surface area contributed by atoms with Crippen LogP contribution in [0.3, 0.4) is 0 Å². The molecule has 1 saturated heterocycles. The van der Waals surface area contributed by atoms with Crippen LogP contribution in [-0.4, -0.2) is 42.7 Å². The molecule has 0 saturated carbocycles. The third-order valence-corrected chi connectivity index (χ3v) is 6.62. The predicted octanol–water partition coefficient (Wildman–Crippen LogP) is 4.81. The summed E-state index contributed by atoms with van der Waals surface area (Å²) < 4.78 is 40.1. The number of benzene rings is 1. The summed E-state index contributed by atoms with van der Waals surface area (Å²) in [6.07, 6.45) is 5.41. The Labute approximate surface area is 197 Å². The van der Waals surface area contributed by atoms with Crippen molar-refractivity contribution < 1.29 is 18.0 Å². The Morgan fingerprint density at radius 2 is 2.03 bits per heavy atom. The van der Waals surface area contributed by atoms with E-state index in [1.165, 1.54) is 23.3 Å². The van der Waals surface area contributed by atoms with E-state index in [0.29, 0.717) is 24.3 Å². The lowest BCUT2D eigenvalue weighted by molar-refractivity contribution is -0.137. The normalized spacial score (nSPS) is 25.8. The first-order chi connectivity index (χ1) is 16.1. The summed E-state index contributed by atoms with van der Waals surface area (Å²) in [5.74, 6) is -0.173. The standard InChI is InChI=1S/C23H20ClF3N6O/c1-13-3-4-15(12-34)22(10-13,33-28-5-6-29-33)32-11-14(2)7-20(32)21-30-18-8-16(23(25,26)27)17(24)9-19(18)31-21/h3-6,8-10,12,15,20H,2,7,11H2,1H3,(H,30,31)/t15-,20?,22?/m1/s1. The number of nitrogens with one attached hydrogen (secondary N) is 1. The first kappa shape index (κ1) is 22.5. The molecule has 7 nitrogen and oxygen atoms in total. The molecule has 0 amide bonds. The van der Waals surface area contributed by atoms with Gasteiger partial charge in [0.1, 0.15) is 12.1 Å². The number of nitrogens with zero attached hydrogens (tertiary/aromatic N) is 5. The van der Waals surface area contributed by atoms with E-state index in [4.69, 9.17) is 11.6 Å². The van der Waals surface area contributed by atoms with E-state index < -0.39 is 34.4 Å². The van der Waals surface area contributed by atoms with E-state index in [9.17, 15) is 18.0 Å². The monoisotopic (exact) mass is 488 g/mol. The van der Waals surface area contributed by atoms with Gasteiger partial charge in [-0.1, -0.05) is 41.5 Å². The van der Waals surface area contributed by atoms with Gasteiger partial charge < -0.3 is 9.78 Å². The van der Waals surface area contributed by atoms with Crippen LogP contribution in [0.5, 0.6) is 0 Å². The van der Waals surface area contributed by atoms with Gasteiger partial charge in [0.05, 0.1) is 46.0 Å². The zero-order valence-corrected chi connectivity index (χ0v) is 18.8. The first-order valence-electron chi connectivity index (χ1n) is 10.5. The second-order valence-corrected chi connectivity index (χ2v) is 8.98. The highest BCUT2D eigenvalue weighted by molar-refractivity contribution is 6.32. The maximum Gasteiger partial charge on any atom is 0.417 e. The van der Waals surface area contributed by atoms with Crippen LogP contribution in [0.25, 0.3) is 11.0 Å². The Hall–Kier alpha value is -3.24. The minimum absolute atomic E-state index is 0.220. The Morgan fingerprint density at radius 1 is 1.29 bits per heavy atom. The Bertz CT molecular complexity index is 1340. The molecule has 0 radical (unpaired) electrons. The molecule has 3 heterocycles. The molecule has 2 aliphatic rings. The zero-order chi connectivity index (χ0) is 24.3. The van der Waals surface area contributed by atoms with Gasteiger partial charge in [0.2, 0.25) is 0 Å². The number of aldehydes is 1. The van der Waals surface area contributed by atoms with Gasteiger partial charge in [0, 0.05) is 6.54 Å². The molecular formula is C23H20ClF3N6O. The number of imidazole rings is 1. The van der Waals surface area contributed by atoms with Gasteiger partial charge in [0.15, 0.2) is 5.66 Å². The van der Waals surface area contributed by atoms with Crippen LogP contribution in [-0.2, 0) is 16.6 Å². The molecule has 0 bridgehead atoms. The molecule has 1 aliphatic carbocycles. The van der Waals surface area contributed by atoms with Crippen molar-refractivity contribution in [1.29, 1.82) is 0 Å². The molecule has 0 spiro atoms. The van der Waals surface area contributed by atoms with Crippen LogP contribution >= 0.6 is 11.6 Å². The lowest BCUT2D eigenvalue weighted by atomic mass is 9.85. The molecule has 11 heteroatoms. The van der Waals surface area contributed by atoms with Crippen molar-refractivity contribution in [3.05, 3.63) is 76.9 Å². The Balaban J connectivity index is 1.66. The van der Waals surface area contributed by atoms with Crippen LogP contribution in [0, 0.1) is 5.92 Å². The number of rotatable bonds is 4. The average molecular weight is 489 g/mol. The summed E-state index contributed by atoms with van der Waals surface area (Å²) in [5.41, 5.74) is 0.326. The van der Waals surface area contributed by atoms with E-state index in [1.54, 1.807) is 6.08 Å². The fraction of sp³-hybridized carbons (Fsp3) is 0.304. The van der Waals surface area contributed by atoms with E-state index in [2.05, 4.69) is 26.7 Å². The van der Waals surface area contributed by atoms with Crippen LogP contribution in [0.15, 0.2) is 60.5 Å². The second kappa shape index (κ2) is 7.92. The third-order valence-electron chi connectivity index (χ3n) is 6.31. The van der Waals surface area contributed by atoms with Crippen molar-refractivity contribution in [2.75, 3.05) is 6.54 Å². The number of H-pyrrole nitrogens is 1. The number of hydrogen-bond acceptors (Lipinski definition) is 5. The number of fused-ring (bicyclic) bond motifs is 1. The van der Waals surface area contributed by atoms with Gasteiger partial charge >= 0.3 is 6.18 Å². The Morgan fingerprint density at radius 3 is 2.71 bits per heavy atom. The number of aromatic nitrogens is 5. The van der Waals surface area contributed by atoms with Crippen molar-refractivity contribution >= 4 is 28.9 Å². The number of allylic oxidation sites excluding steroid dienone is 2. The molecule has 1 aromatic carbocycles. The average Bonchev–Trinajstić information content (AvgIpc) is 3.51. The zero-order valence-electron chi connectivity index (χ0n) is 18.1. The van der Waals surface area contributed by atoms with E-state index in [1.807, 2.05) is 24.0 Å². The first-order valence-corrected chi connectivity index (χ1v) is 10.9. The number of likely N-dealkylation sites (tertiary alicyclic amines) is 1. The Kier molecular flexibility index (Phi) is 5.25. The maximum atomic E-state index is 13.4. The number of aromatic amines is 1. The summed E-state index contributed by atoms with van der Waals surface area (Å²) in [5, 5.41) is 8.30. The topological polar surface area (TPSA) is 79.7 Å². The van der Waals surface area contributed by atoms with Gasteiger partial charge in [0.25, 0.3) is 0 Å². The summed E-state index contributed by atoms with van der Waals surface area (Å²) in [4.78, 5) is 23.4. The van der Waals surface area contributed by atoms with E-state index >= 15 is 0 Å². The molecule has 2 unspecified atom stereocenters. The van der Waals surface area contributed by atoms with Crippen LogP contribution in [0.1, 0.15) is 30.8 Å². The smallest absolute Gasteiger partial charge is 0.341 e. The lowest BCUT2D eigenvalue weighted by Gasteiger charge is -2.45. The molecule has 3 atom stereocenters. The molecule has 34 heavy (non-hydrogen) atoms. The van der Waals surface area contributed by atoms with Crippen LogP contribution < -0.4 is 0 Å². The second-order valence-electron chi connectivity index (χ2n) is 8.58. The van der Waals surface area contributed by atoms with Gasteiger partial charge in [-0.05, 0) is 31.6 Å². The predicted molar refractivity (Wildman–Crippen MR) is 120 cm³/mol. The molecule has 1 aliphatic heterocycles. The number of carbonyl (C=O) groups is 1. The minimum atomic E-state index is -4.59. The van der Waals surface area contributed by atoms with Crippen molar-refractivity contribution in [2.24, 2.45) is 5.92 Å². The molecule has 2 aromatic heterocycles. The van der Waals surface area contributed by atoms with Crippen molar-refractivity contribution in [3.63, 3.8) is 0 Å². The quantitative estimate of drug-likeness (QED) is 0.421. The molecule has 176 valence electrons. The highest BCUT2D eigenvalue weighted by atomic mass is 35.5. The summed E-state index contributed by atoms with van der Waals surface area (Å²) in [7, 11) is 0. The minimum Gasteiger partial charge on any atom is -0.341 e. The van der Waals surface area contributed by atoms with E-state index in [0.717, 1.165) is 23.5 Å². The number of halogens is 4. The SMILES string of the molecule is C=C1CC(c2nc3cc(Cl)c(C(F)(F)F)cc3[nH]2)N(C2(n3nccn3)C=C(C)C=C[C@@H]2C=O)C1. The number of alkyl halides is 3. The van der Waals surface area contributed by atoms with Gasteiger partial charge in [-0.2, -0.15) is 28.2 Å².